The summed E-state index contributed by atoms with van der Waals surface area (Å²) in [6.45, 7) is 0.219. The van der Waals surface area contributed by atoms with E-state index >= 15 is 0 Å². The molecule has 6 heteroatoms. The fourth-order valence-electron chi connectivity index (χ4n) is 1.18. The van der Waals surface area contributed by atoms with Crippen molar-refractivity contribution in [1.82, 2.24) is 5.32 Å². The highest BCUT2D eigenvalue weighted by Crippen LogP contribution is 2.23. The molecule has 1 fully saturated rings. The Balaban J connectivity index is 2.28. The summed E-state index contributed by atoms with van der Waals surface area (Å²) in [7, 11) is 0. The van der Waals surface area contributed by atoms with Crippen LogP contribution in [0.3, 0.4) is 0 Å². The number of alkyl halides is 4. The summed E-state index contributed by atoms with van der Waals surface area (Å²) in [6.07, 6.45) is -5.00. The average Bonchev–Trinajstić information content (AvgIpc) is 2.32. The van der Waals surface area contributed by atoms with Crippen molar-refractivity contribution in [3.8, 4) is 0 Å². The minimum absolute atomic E-state index is 0.0565. The first-order chi connectivity index (χ1) is 5.51. The summed E-state index contributed by atoms with van der Waals surface area (Å²) in [5, 5.41) is 2.82. The van der Waals surface area contributed by atoms with Crippen LogP contribution in [0.25, 0.3) is 0 Å². The predicted molar refractivity (Wildman–Crippen MR) is 38.1 cm³/mol. The van der Waals surface area contributed by atoms with E-state index in [-0.39, 0.29) is 12.6 Å². The molecule has 1 N–H and O–H groups in total. The molecule has 2 atom stereocenters. The van der Waals surface area contributed by atoms with Crippen LogP contribution in [0, 0.1) is 0 Å². The van der Waals surface area contributed by atoms with Crippen molar-refractivity contribution in [2.24, 2.45) is 0 Å². The van der Waals surface area contributed by atoms with Crippen molar-refractivity contribution < 1.29 is 17.9 Å². The quantitative estimate of drug-likeness (QED) is 0.687. The van der Waals surface area contributed by atoms with Crippen molar-refractivity contribution in [1.29, 1.82) is 0 Å². The Morgan fingerprint density at radius 1 is 1.50 bits per heavy atom. The molecule has 0 aromatic heterocycles. The fraction of sp³-hybridized carbons (Fsp3) is 1.00. The van der Waals surface area contributed by atoms with Gasteiger partial charge in [-0.15, -0.1) is 24.8 Å². The highest BCUT2D eigenvalue weighted by atomic mass is 35.5. The zero-order valence-electron chi connectivity index (χ0n) is 6.20. The molecular formula is C6H9ClF3NO. The van der Waals surface area contributed by atoms with Crippen LogP contribution in [0.2, 0.25) is 0 Å². The lowest BCUT2D eigenvalue weighted by Crippen LogP contribution is -2.25. The molecule has 0 saturated carbocycles. The van der Waals surface area contributed by atoms with Gasteiger partial charge in [-0.05, 0) is 6.42 Å². The van der Waals surface area contributed by atoms with Crippen LogP contribution in [0.1, 0.15) is 6.42 Å². The molecular weight excluding hydrogens is 195 g/mol. The molecule has 0 aliphatic carbocycles. The van der Waals surface area contributed by atoms with E-state index in [1.54, 1.807) is 0 Å². The largest absolute Gasteiger partial charge is 0.522 e. The van der Waals surface area contributed by atoms with Gasteiger partial charge in [0.2, 0.25) is 0 Å². The van der Waals surface area contributed by atoms with Gasteiger partial charge in [-0.1, -0.05) is 0 Å². The second-order valence-corrected chi connectivity index (χ2v) is 2.99. The van der Waals surface area contributed by atoms with Gasteiger partial charge in [0.1, 0.15) is 0 Å². The maximum atomic E-state index is 11.7. The van der Waals surface area contributed by atoms with E-state index in [2.05, 4.69) is 10.1 Å². The van der Waals surface area contributed by atoms with Crippen LogP contribution in [-0.4, -0.2) is 30.9 Å². The third-order valence-corrected chi connectivity index (χ3v) is 2.04. The lowest BCUT2D eigenvalue weighted by molar-refractivity contribution is -0.340. The second-order valence-electron chi connectivity index (χ2n) is 2.68. The zero-order chi connectivity index (χ0) is 9.19. The van der Waals surface area contributed by atoms with Gasteiger partial charge in [-0.2, -0.15) is 0 Å². The normalized spacial score (nSPS) is 31.0. The van der Waals surface area contributed by atoms with Crippen molar-refractivity contribution >= 4 is 11.6 Å². The van der Waals surface area contributed by atoms with Gasteiger partial charge in [0.25, 0.3) is 0 Å². The Kier molecular flexibility index (Phi) is 3.20. The molecule has 0 unspecified atom stereocenters. The smallest absolute Gasteiger partial charge is 0.310 e. The minimum Gasteiger partial charge on any atom is -0.310 e. The van der Waals surface area contributed by atoms with Crippen molar-refractivity contribution in [3.63, 3.8) is 0 Å². The van der Waals surface area contributed by atoms with E-state index in [9.17, 15) is 13.2 Å². The molecule has 1 heterocycles. The van der Waals surface area contributed by atoms with Gasteiger partial charge in [0, 0.05) is 18.5 Å². The van der Waals surface area contributed by atoms with Crippen LogP contribution < -0.4 is 5.32 Å². The van der Waals surface area contributed by atoms with Crippen LogP contribution in [0.5, 0.6) is 0 Å². The second kappa shape index (κ2) is 3.81. The molecule has 2 nitrogen and oxygen atoms in total. The summed E-state index contributed by atoms with van der Waals surface area (Å²) in [6, 6.07) is -0.0565. The summed E-state index contributed by atoms with van der Waals surface area (Å²) < 4.78 is 38.8. The Labute approximate surface area is 73.0 Å². The molecule has 0 bridgehead atoms. The molecule has 72 valence electrons. The first-order valence-corrected chi connectivity index (χ1v) is 4.08. The summed E-state index contributed by atoms with van der Waals surface area (Å²) in [4.78, 5) is 0. The first kappa shape index (κ1) is 10.1. The average molecular weight is 204 g/mol. The van der Waals surface area contributed by atoms with Crippen molar-refractivity contribution in [2.45, 2.75) is 24.9 Å². The van der Waals surface area contributed by atoms with Crippen molar-refractivity contribution in [3.05, 3.63) is 0 Å². The van der Waals surface area contributed by atoms with E-state index in [0.29, 0.717) is 12.3 Å². The number of halogens is 4. The Bertz CT molecular complexity index is 152. The van der Waals surface area contributed by atoms with Gasteiger partial charge in [0.15, 0.2) is 0 Å². The van der Waals surface area contributed by atoms with E-state index in [0.717, 1.165) is 0 Å². The lowest BCUT2D eigenvalue weighted by Gasteiger charge is -2.12. The maximum absolute atomic E-state index is 11.7. The Hall–Kier alpha value is 0. The standard InChI is InChI=1S/C6H9ClF3NO/c7-2-4-1-5(3-11-4)12-6(8,9)10/h4-5,11H,1-3H2/t4-,5+/m0/s1. The first-order valence-electron chi connectivity index (χ1n) is 3.55. The number of nitrogens with one attached hydrogen (secondary N) is 1. The number of hydrogen-bond donors (Lipinski definition) is 1. The van der Waals surface area contributed by atoms with Gasteiger partial charge < -0.3 is 5.32 Å². The third kappa shape index (κ3) is 3.16. The SMILES string of the molecule is FC(F)(F)O[C@H]1CN[C@H](CCl)C1. The van der Waals surface area contributed by atoms with Crippen LogP contribution in [0.15, 0.2) is 0 Å². The highest BCUT2D eigenvalue weighted by Gasteiger charge is 2.36. The molecule has 1 saturated heterocycles. The minimum atomic E-state index is -4.53. The molecule has 1 aliphatic heterocycles. The maximum Gasteiger partial charge on any atom is 0.522 e. The predicted octanol–water partition coefficient (Wildman–Crippen LogP) is 1.49. The monoisotopic (exact) mass is 203 g/mol. The number of ether oxygens (including phenoxy) is 1. The molecule has 1 aliphatic rings. The lowest BCUT2D eigenvalue weighted by atomic mass is 10.2. The highest BCUT2D eigenvalue weighted by molar-refractivity contribution is 6.18. The summed E-state index contributed by atoms with van der Waals surface area (Å²) in [5.74, 6) is 0.317. The molecule has 0 radical (unpaired) electrons. The zero-order valence-corrected chi connectivity index (χ0v) is 6.95. The molecule has 0 aromatic carbocycles. The van der Waals surface area contributed by atoms with Crippen LogP contribution in [-0.2, 0) is 4.74 Å². The number of rotatable bonds is 2. The Morgan fingerprint density at radius 3 is 2.58 bits per heavy atom. The summed E-state index contributed by atoms with van der Waals surface area (Å²) >= 11 is 5.45. The molecule has 1 rings (SSSR count). The van der Waals surface area contributed by atoms with Crippen molar-refractivity contribution in [2.75, 3.05) is 12.4 Å². The Morgan fingerprint density at radius 2 is 2.17 bits per heavy atom. The summed E-state index contributed by atoms with van der Waals surface area (Å²) in [5.41, 5.74) is 0. The van der Waals surface area contributed by atoms with E-state index < -0.39 is 12.5 Å². The van der Waals surface area contributed by atoms with Gasteiger partial charge in [-0.25, -0.2) is 0 Å². The fourth-order valence-corrected chi connectivity index (χ4v) is 1.41. The van der Waals surface area contributed by atoms with Gasteiger partial charge >= 0.3 is 6.36 Å². The topological polar surface area (TPSA) is 21.3 Å². The van der Waals surface area contributed by atoms with E-state index in [1.165, 1.54) is 0 Å². The molecule has 0 spiro atoms. The number of hydrogen-bond acceptors (Lipinski definition) is 2. The third-order valence-electron chi connectivity index (χ3n) is 1.67. The van der Waals surface area contributed by atoms with Gasteiger partial charge in [-0.3, -0.25) is 4.74 Å². The molecule has 12 heavy (non-hydrogen) atoms. The van der Waals surface area contributed by atoms with E-state index in [1.807, 2.05) is 0 Å². The van der Waals surface area contributed by atoms with Gasteiger partial charge in [0.05, 0.1) is 6.10 Å². The van der Waals surface area contributed by atoms with E-state index in [4.69, 9.17) is 11.6 Å². The molecule has 0 amide bonds. The van der Waals surface area contributed by atoms with Crippen LogP contribution >= 0.6 is 11.6 Å². The molecule has 0 aromatic rings. The van der Waals surface area contributed by atoms with Crippen LogP contribution in [0.4, 0.5) is 13.2 Å².